The van der Waals surface area contributed by atoms with Crippen LogP contribution in [0.2, 0.25) is 0 Å². The van der Waals surface area contributed by atoms with Crippen LogP contribution < -0.4 is 5.32 Å². The molecule has 3 nitrogen and oxygen atoms in total. The summed E-state index contributed by atoms with van der Waals surface area (Å²) < 4.78 is 0. The Kier molecular flexibility index (Phi) is 4.51. The highest BCUT2D eigenvalue weighted by atomic mass is 15.2. The van der Waals surface area contributed by atoms with E-state index in [4.69, 9.17) is 0 Å². The van der Waals surface area contributed by atoms with Crippen molar-refractivity contribution in [3.63, 3.8) is 0 Å². The molecule has 1 aromatic heterocycles. The van der Waals surface area contributed by atoms with Gasteiger partial charge in [-0.1, -0.05) is 13.0 Å². The maximum absolute atomic E-state index is 4.43. The van der Waals surface area contributed by atoms with E-state index in [0.29, 0.717) is 6.04 Å². The van der Waals surface area contributed by atoms with Crippen LogP contribution in [0.25, 0.3) is 0 Å². The van der Waals surface area contributed by atoms with Gasteiger partial charge in [-0.05, 0) is 44.5 Å². The third-order valence-corrected chi connectivity index (χ3v) is 3.50. The molecule has 1 aliphatic heterocycles. The minimum Gasteiger partial charge on any atom is -0.307 e. The van der Waals surface area contributed by atoms with Crippen molar-refractivity contribution in [2.75, 3.05) is 19.6 Å². The van der Waals surface area contributed by atoms with Crippen molar-refractivity contribution in [1.29, 1.82) is 0 Å². The second kappa shape index (κ2) is 6.12. The highest BCUT2D eigenvalue weighted by molar-refractivity contribution is 5.12. The van der Waals surface area contributed by atoms with Crippen LogP contribution >= 0.6 is 0 Å². The number of aromatic nitrogens is 1. The van der Waals surface area contributed by atoms with Gasteiger partial charge in [-0.2, -0.15) is 0 Å². The Labute approximate surface area is 104 Å². The molecule has 1 atom stereocenters. The van der Waals surface area contributed by atoms with Crippen LogP contribution in [0.4, 0.5) is 0 Å². The van der Waals surface area contributed by atoms with Gasteiger partial charge in [-0.15, -0.1) is 0 Å². The number of likely N-dealkylation sites (N-methyl/N-ethyl adjacent to an activating group) is 1. The molecule has 17 heavy (non-hydrogen) atoms. The number of rotatable bonds is 4. The van der Waals surface area contributed by atoms with E-state index in [-0.39, 0.29) is 0 Å². The number of nitrogens with zero attached hydrogens (tertiary/aromatic N) is 2. The topological polar surface area (TPSA) is 28.2 Å². The van der Waals surface area contributed by atoms with Crippen molar-refractivity contribution in [2.24, 2.45) is 0 Å². The largest absolute Gasteiger partial charge is 0.307 e. The van der Waals surface area contributed by atoms with Gasteiger partial charge in [-0.25, -0.2) is 0 Å². The Morgan fingerprint density at radius 1 is 1.47 bits per heavy atom. The van der Waals surface area contributed by atoms with Crippen molar-refractivity contribution in [3.8, 4) is 0 Å². The van der Waals surface area contributed by atoms with Crippen LogP contribution in [0.5, 0.6) is 0 Å². The summed E-state index contributed by atoms with van der Waals surface area (Å²) in [7, 11) is 0. The van der Waals surface area contributed by atoms with Crippen LogP contribution in [-0.2, 0) is 6.54 Å². The number of pyridine rings is 1. The molecule has 0 aliphatic carbocycles. The van der Waals surface area contributed by atoms with Gasteiger partial charge < -0.3 is 10.2 Å². The Morgan fingerprint density at radius 2 is 2.35 bits per heavy atom. The van der Waals surface area contributed by atoms with Crippen molar-refractivity contribution in [3.05, 3.63) is 29.6 Å². The lowest BCUT2D eigenvalue weighted by molar-refractivity contribution is 0.198. The predicted molar refractivity (Wildman–Crippen MR) is 70.9 cm³/mol. The summed E-state index contributed by atoms with van der Waals surface area (Å²) in [6, 6.07) is 4.87. The van der Waals surface area contributed by atoms with E-state index in [2.05, 4.69) is 41.2 Å². The molecule has 0 radical (unpaired) electrons. The van der Waals surface area contributed by atoms with Crippen molar-refractivity contribution in [1.82, 2.24) is 15.2 Å². The van der Waals surface area contributed by atoms with E-state index >= 15 is 0 Å². The Morgan fingerprint density at radius 3 is 3.06 bits per heavy atom. The normalized spacial score (nSPS) is 21.6. The minimum atomic E-state index is 0.631. The summed E-state index contributed by atoms with van der Waals surface area (Å²) in [5.41, 5.74) is 2.37. The van der Waals surface area contributed by atoms with Gasteiger partial charge in [0.05, 0.1) is 5.69 Å². The SMILES string of the molecule is CCN1CCCC(NCc2ccc(C)cn2)C1. The van der Waals surface area contributed by atoms with E-state index in [0.717, 1.165) is 12.2 Å². The molecule has 94 valence electrons. The van der Waals surface area contributed by atoms with Gasteiger partial charge in [0.25, 0.3) is 0 Å². The minimum absolute atomic E-state index is 0.631. The molecule has 1 unspecified atom stereocenters. The quantitative estimate of drug-likeness (QED) is 0.861. The van der Waals surface area contributed by atoms with E-state index in [1.807, 2.05) is 6.20 Å². The first-order valence-electron chi connectivity index (χ1n) is 6.65. The van der Waals surface area contributed by atoms with Gasteiger partial charge in [0.1, 0.15) is 0 Å². The molecule has 2 rings (SSSR count). The monoisotopic (exact) mass is 233 g/mol. The highest BCUT2D eigenvalue weighted by Crippen LogP contribution is 2.10. The highest BCUT2D eigenvalue weighted by Gasteiger charge is 2.17. The van der Waals surface area contributed by atoms with Crippen LogP contribution in [0.15, 0.2) is 18.3 Å². The Balaban J connectivity index is 1.79. The van der Waals surface area contributed by atoms with Gasteiger partial charge in [0.2, 0.25) is 0 Å². The molecule has 0 amide bonds. The zero-order valence-electron chi connectivity index (χ0n) is 10.9. The predicted octanol–water partition coefficient (Wildman–Crippen LogP) is 1.96. The summed E-state index contributed by atoms with van der Waals surface area (Å²) in [4.78, 5) is 6.94. The number of hydrogen-bond donors (Lipinski definition) is 1. The van der Waals surface area contributed by atoms with E-state index in [9.17, 15) is 0 Å². The molecule has 1 fully saturated rings. The molecule has 2 heterocycles. The fraction of sp³-hybridized carbons (Fsp3) is 0.643. The van der Waals surface area contributed by atoms with E-state index in [1.54, 1.807) is 0 Å². The Hall–Kier alpha value is -0.930. The summed E-state index contributed by atoms with van der Waals surface area (Å²) in [5.74, 6) is 0. The molecule has 0 bridgehead atoms. The molecule has 1 saturated heterocycles. The number of hydrogen-bond acceptors (Lipinski definition) is 3. The smallest absolute Gasteiger partial charge is 0.0541 e. The summed E-state index contributed by atoms with van der Waals surface area (Å²) in [5, 5.41) is 3.62. The standard InChI is InChI=1S/C14H23N3/c1-3-17-8-4-5-14(11-17)16-10-13-7-6-12(2)9-15-13/h6-7,9,14,16H,3-5,8,10-11H2,1-2H3. The molecule has 0 aromatic carbocycles. The maximum Gasteiger partial charge on any atom is 0.0541 e. The average Bonchev–Trinajstić information content (AvgIpc) is 2.38. The van der Waals surface area contributed by atoms with Crippen molar-refractivity contribution in [2.45, 2.75) is 39.3 Å². The second-order valence-corrected chi connectivity index (χ2v) is 4.94. The molecule has 0 saturated carbocycles. The first-order chi connectivity index (χ1) is 8.28. The fourth-order valence-corrected chi connectivity index (χ4v) is 2.36. The van der Waals surface area contributed by atoms with Crippen LogP contribution in [0, 0.1) is 6.92 Å². The Bertz CT molecular complexity index is 334. The van der Waals surface area contributed by atoms with Crippen molar-refractivity contribution >= 4 is 0 Å². The summed E-state index contributed by atoms with van der Waals surface area (Å²) >= 11 is 0. The zero-order chi connectivity index (χ0) is 12.1. The van der Waals surface area contributed by atoms with Gasteiger partial charge in [0, 0.05) is 25.3 Å². The summed E-state index contributed by atoms with van der Waals surface area (Å²) in [6.45, 7) is 8.82. The van der Waals surface area contributed by atoms with Gasteiger partial charge in [0.15, 0.2) is 0 Å². The molecule has 1 N–H and O–H groups in total. The van der Waals surface area contributed by atoms with E-state index < -0.39 is 0 Å². The molecular weight excluding hydrogens is 210 g/mol. The third kappa shape index (κ3) is 3.79. The van der Waals surface area contributed by atoms with Crippen LogP contribution in [-0.4, -0.2) is 35.6 Å². The zero-order valence-corrected chi connectivity index (χ0v) is 10.9. The lowest BCUT2D eigenvalue weighted by Crippen LogP contribution is -2.45. The van der Waals surface area contributed by atoms with Crippen LogP contribution in [0.3, 0.4) is 0 Å². The number of aryl methyl sites for hydroxylation is 1. The fourth-order valence-electron chi connectivity index (χ4n) is 2.36. The molecule has 0 spiro atoms. The lowest BCUT2D eigenvalue weighted by Gasteiger charge is -2.32. The molecule has 1 aliphatic rings. The van der Waals surface area contributed by atoms with Crippen molar-refractivity contribution < 1.29 is 0 Å². The van der Waals surface area contributed by atoms with Crippen LogP contribution in [0.1, 0.15) is 31.0 Å². The van der Waals surface area contributed by atoms with E-state index in [1.165, 1.54) is 38.0 Å². The number of nitrogens with one attached hydrogen (secondary N) is 1. The number of piperidine rings is 1. The average molecular weight is 233 g/mol. The second-order valence-electron chi connectivity index (χ2n) is 4.94. The molecule has 3 heteroatoms. The third-order valence-electron chi connectivity index (χ3n) is 3.50. The molecule has 1 aromatic rings. The molecular formula is C14H23N3. The van der Waals surface area contributed by atoms with Gasteiger partial charge >= 0.3 is 0 Å². The maximum atomic E-state index is 4.43. The first-order valence-corrected chi connectivity index (χ1v) is 6.65. The number of likely N-dealkylation sites (tertiary alicyclic amines) is 1. The van der Waals surface area contributed by atoms with Gasteiger partial charge in [-0.3, -0.25) is 4.98 Å². The summed E-state index contributed by atoms with van der Waals surface area (Å²) in [6.07, 6.45) is 4.55. The first kappa shape index (κ1) is 12.5. The lowest BCUT2D eigenvalue weighted by atomic mass is 10.1.